The van der Waals surface area contributed by atoms with E-state index >= 15 is 0 Å². The van der Waals surface area contributed by atoms with Gasteiger partial charge in [0.05, 0.1) is 10.0 Å². The fraction of sp³-hybridized carbons (Fsp3) is 0.300. The highest BCUT2D eigenvalue weighted by atomic mass is 35.5. The van der Waals surface area contributed by atoms with E-state index in [1.807, 2.05) is 6.07 Å². The Morgan fingerprint density at radius 3 is 2.80 bits per heavy atom. The highest BCUT2D eigenvalue weighted by molar-refractivity contribution is 6.42. The first kappa shape index (κ1) is 10.6. The smallest absolute Gasteiger partial charge is 0.404 e. The minimum Gasteiger partial charge on any atom is -0.465 e. The zero-order chi connectivity index (χ0) is 11.0. The average Bonchev–Trinajstić information content (AvgIpc) is 2.54. The number of halogens is 2. The van der Waals surface area contributed by atoms with Gasteiger partial charge in [-0.3, -0.25) is 0 Å². The number of carboxylic acid groups (broad SMARTS) is 1. The SMILES string of the molecule is O=C(O)NC1Cc2ccc(Cl)c(Cl)c2C1. The van der Waals surface area contributed by atoms with Crippen LogP contribution >= 0.6 is 23.2 Å². The van der Waals surface area contributed by atoms with E-state index < -0.39 is 6.09 Å². The molecule has 0 saturated heterocycles. The van der Waals surface area contributed by atoms with Crippen LogP contribution in [0.5, 0.6) is 0 Å². The molecule has 0 bridgehead atoms. The summed E-state index contributed by atoms with van der Waals surface area (Å²) in [5, 5.41) is 12.1. The first-order valence-corrected chi connectivity index (χ1v) is 5.28. The lowest BCUT2D eigenvalue weighted by atomic mass is 10.1. The number of rotatable bonds is 1. The van der Waals surface area contributed by atoms with Crippen molar-refractivity contribution >= 4 is 29.3 Å². The minimum absolute atomic E-state index is 0.0894. The van der Waals surface area contributed by atoms with Gasteiger partial charge in [0.15, 0.2) is 0 Å². The molecule has 0 fully saturated rings. The van der Waals surface area contributed by atoms with Crippen molar-refractivity contribution in [2.45, 2.75) is 18.9 Å². The lowest BCUT2D eigenvalue weighted by Gasteiger charge is -2.07. The number of amides is 1. The van der Waals surface area contributed by atoms with E-state index in [9.17, 15) is 4.79 Å². The fourth-order valence-electron chi connectivity index (χ4n) is 1.91. The maximum absolute atomic E-state index is 10.5. The topological polar surface area (TPSA) is 49.3 Å². The van der Waals surface area contributed by atoms with Crippen molar-refractivity contribution in [3.63, 3.8) is 0 Å². The zero-order valence-electron chi connectivity index (χ0n) is 7.76. The van der Waals surface area contributed by atoms with E-state index in [1.165, 1.54) is 0 Å². The molecule has 80 valence electrons. The molecule has 1 unspecified atom stereocenters. The standard InChI is InChI=1S/C10H9Cl2NO2/c11-8-2-1-5-3-6(13-10(14)15)4-7(5)9(8)12/h1-2,6,13H,3-4H2,(H,14,15). The van der Waals surface area contributed by atoms with E-state index in [0.29, 0.717) is 22.9 Å². The summed E-state index contributed by atoms with van der Waals surface area (Å²) in [4.78, 5) is 10.5. The summed E-state index contributed by atoms with van der Waals surface area (Å²) in [6.07, 6.45) is 0.287. The molecular weight excluding hydrogens is 237 g/mol. The van der Waals surface area contributed by atoms with Gasteiger partial charge in [-0.2, -0.15) is 0 Å². The molecule has 1 aliphatic rings. The predicted octanol–water partition coefficient (Wildman–Crippen LogP) is 2.73. The Kier molecular flexibility index (Phi) is 2.76. The van der Waals surface area contributed by atoms with Crippen molar-refractivity contribution in [2.24, 2.45) is 0 Å². The van der Waals surface area contributed by atoms with Crippen LogP contribution in [0.1, 0.15) is 11.1 Å². The molecule has 0 aliphatic heterocycles. The van der Waals surface area contributed by atoms with Crippen molar-refractivity contribution in [1.82, 2.24) is 5.32 Å². The number of nitrogens with one attached hydrogen (secondary N) is 1. The van der Waals surface area contributed by atoms with Gasteiger partial charge in [-0.1, -0.05) is 29.3 Å². The van der Waals surface area contributed by atoms with Crippen LogP contribution in [0.3, 0.4) is 0 Å². The number of benzene rings is 1. The molecular formula is C10H9Cl2NO2. The van der Waals surface area contributed by atoms with Crippen LogP contribution in [0.25, 0.3) is 0 Å². The number of hydrogen-bond donors (Lipinski definition) is 2. The molecule has 0 saturated carbocycles. The molecule has 0 aromatic heterocycles. The molecule has 1 aromatic rings. The molecule has 1 aliphatic carbocycles. The van der Waals surface area contributed by atoms with Gasteiger partial charge < -0.3 is 10.4 Å². The van der Waals surface area contributed by atoms with Crippen LogP contribution in [-0.4, -0.2) is 17.2 Å². The van der Waals surface area contributed by atoms with Crippen LogP contribution in [0, 0.1) is 0 Å². The summed E-state index contributed by atoms with van der Waals surface area (Å²) < 4.78 is 0. The Bertz CT molecular complexity index is 420. The average molecular weight is 246 g/mol. The Hall–Kier alpha value is -0.930. The van der Waals surface area contributed by atoms with E-state index in [0.717, 1.165) is 11.1 Å². The van der Waals surface area contributed by atoms with Crippen molar-refractivity contribution in [1.29, 1.82) is 0 Å². The van der Waals surface area contributed by atoms with Gasteiger partial charge in [-0.05, 0) is 30.0 Å². The molecule has 2 N–H and O–H groups in total. The van der Waals surface area contributed by atoms with Gasteiger partial charge in [0.2, 0.25) is 0 Å². The van der Waals surface area contributed by atoms with E-state index in [2.05, 4.69) is 5.32 Å². The van der Waals surface area contributed by atoms with Crippen LogP contribution < -0.4 is 5.32 Å². The Morgan fingerprint density at radius 1 is 1.40 bits per heavy atom. The fourth-order valence-corrected chi connectivity index (χ4v) is 2.34. The van der Waals surface area contributed by atoms with Gasteiger partial charge >= 0.3 is 6.09 Å². The monoisotopic (exact) mass is 245 g/mol. The quantitative estimate of drug-likeness (QED) is 0.800. The van der Waals surface area contributed by atoms with Gasteiger partial charge in [-0.15, -0.1) is 0 Å². The summed E-state index contributed by atoms with van der Waals surface area (Å²) >= 11 is 11.9. The molecule has 15 heavy (non-hydrogen) atoms. The molecule has 0 spiro atoms. The van der Waals surface area contributed by atoms with Crippen LogP contribution in [0.4, 0.5) is 4.79 Å². The lowest BCUT2D eigenvalue weighted by Crippen LogP contribution is -2.33. The summed E-state index contributed by atoms with van der Waals surface area (Å²) in [6, 6.07) is 3.55. The molecule has 3 nitrogen and oxygen atoms in total. The Labute approximate surface area is 97.0 Å². The first-order valence-electron chi connectivity index (χ1n) is 4.53. The van der Waals surface area contributed by atoms with Crippen molar-refractivity contribution in [3.8, 4) is 0 Å². The van der Waals surface area contributed by atoms with Crippen LogP contribution in [-0.2, 0) is 12.8 Å². The third-order valence-electron chi connectivity index (χ3n) is 2.54. The summed E-state index contributed by atoms with van der Waals surface area (Å²) in [6.45, 7) is 0. The third-order valence-corrected chi connectivity index (χ3v) is 3.38. The van der Waals surface area contributed by atoms with E-state index in [-0.39, 0.29) is 6.04 Å². The van der Waals surface area contributed by atoms with E-state index in [1.54, 1.807) is 6.07 Å². The molecule has 1 amide bonds. The molecule has 0 radical (unpaired) electrons. The van der Waals surface area contributed by atoms with Crippen molar-refractivity contribution in [3.05, 3.63) is 33.3 Å². The largest absolute Gasteiger partial charge is 0.465 e. The van der Waals surface area contributed by atoms with Crippen LogP contribution in [0.15, 0.2) is 12.1 Å². The third kappa shape index (κ3) is 2.03. The normalized spacial score (nSPS) is 18.7. The molecule has 5 heteroatoms. The van der Waals surface area contributed by atoms with Gasteiger partial charge in [0.25, 0.3) is 0 Å². The summed E-state index contributed by atoms with van der Waals surface area (Å²) in [5.41, 5.74) is 2.03. The molecule has 2 rings (SSSR count). The molecule has 1 atom stereocenters. The van der Waals surface area contributed by atoms with Gasteiger partial charge in [0, 0.05) is 6.04 Å². The van der Waals surface area contributed by atoms with Gasteiger partial charge in [-0.25, -0.2) is 4.79 Å². The lowest BCUT2D eigenvalue weighted by molar-refractivity contribution is 0.190. The number of carbonyl (C=O) groups is 1. The highest BCUT2D eigenvalue weighted by Gasteiger charge is 2.25. The second-order valence-corrected chi connectivity index (χ2v) is 4.34. The summed E-state index contributed by atoms with van der Waals surface area (Å²) in [7, 11) is 0. The van der Waals surface area contributed by atoms with Gasteiger partial charge in [0.1, 0.15) is 0 Å². The zero-order valence-corrected chi connectivity index (χ0v) is 9.27. The maximum atomic E-state index is 10.5. The molecule has 0 heterocycles. The molecule has 1 aromatic carbocycles. The summed E-state index contributed by atoms with van der Waals surface area (Å²) in [5.74, 6) is 0. The van der Waals surface area contributed by atoms with Crippen molar-refractivity contribution in [2.75, 3.05) is 0 Å². The Balaban J connectivity index is 2.24. The second-order valence-electron chi connectivity index (χ2n) is 3.55. The van der Waals surface area contributed by atoms with Crippen LogP contribution in [0.2, 0.25) is 10.0 Å². The first-order chi connectivity index (χ1) is 7.08. The predicted molar refractivity (Wildman–Crippen MR) is 58.8 cm³/mol. The van der Waals surface area contributed by atoms with E-state index in [4.69, 9.17) is 28.3 Å². The highest BCUT2D eigenvalue weighted by Crippen LogP contribution is 2.34. The number of fused-ring (bicyclic) bond motifs is 1. The Morgan fingerprint density at radius 2 is 2.13 bits per heavy atom. The van der Waals surface area contributed by atoms with Crippen molar-refractivity contribution < 1.29 is 9.90 Å². The minimum atomic E-state index is -1.00. The maximum Gasteiger partial charge on any atom is 0.404 e. The second kappa shape index (κ2) is 3.91. The number of hydrogen-bond acceptors (Lipinski definition) is 1.